The highest BCUT2D eigenvalue weighted by atomic mass is 16.5. The van der Waals surface area contributed by atoms with Crippen molar-refractivity contribution in [1.29, 1.82) is 0 Å². The molecule has 34 heavy (non-hydrogen) atoms. The molecule has 5 rings (SSSR count). The van der Waals surface area contributed by atoms with Crippen LogP contribution >= 0.6 is 0 Å². The van der Waals surface area contributed by atoms with Crippen molar-refractivity contribution in [1.82, 2.24) is 20.1 Å². The standard InChI is InChI=1S/C28H34N4O2/c33-28-26-12-11-25(20-23(26)7-3-13-29-28)34-19-5-16-31-14-4-15-32(18-17-31)21-24-10-9-22-6-1-2-8-27(22)30-24/h1-2,6,8-12,20H,3-5,7,13-19,21H2,(H,29,33). The van der Waals surface area contributed by atoms with Gasteiger partial charge in [-0.3, -0.25) is 14.7 Å². The summed E-state index contributed by atoms with van der Waals surface area (Å²) in [7, 11) is 0. The number of carbonyl (C=O) groups is 1. The van der Waals surface area contributed by atoms with Gasteiger partial charge in [-0.1, -0.05) is 24.3 Å². The maximum atomic E-state index is 12.1. The molecule has 6 nitrogen and oxygen atoms in total. The zero-order valence-corrected chi connectivity index (χ0v) is 19.8. The number of hydrogen-bond acceptors (Lipinski definition) is 5. The molecule has 2 aromatic carbocycles. The number of amides is 1. The summed E-state index contributed by atoms with van der Waals surface area (Å²) in [5, 5.41) is 4.15. The van der Waals surface area contributed by atoms with E-state index in [1.165, 1.54) is 11.8 Å². The Bertz CT molecular complexity index is 1130. The van der Waals surface area contributed by atoms with Gasteiger partial charge in [0, 0.05) is 43.7 Å². The minimum Gasteiger partial charge on any atom is -0.494 e. The summed E-state index contributed by atoms with van der Waals surface area (Å²) in [6.45, 7) is 7.82. The van der Waals surface area contributed by atoms with Crippen molar-refractivity contribution in [3.05, 3.63) is 71.4 Å². The van der Waals surface area contributed by atoms with Gasteiger partial charge in [-0.2, -0.15) is 0 Å². The van der Waals surface area contributed by atoms with Crippen LogP contribution in [0.15, 0.2) is 54.6 Å². The number of ether oxygens (including phenoxy) is 1. The Kier molecular flexibility index (Phi) is 7.37. The van der Waals surface area contributed by atoms with Gasteiger partial charge in [0.25, 0.3) is 5.91 Å². The Labute approximate surface area is 201 Å². The first kappa shape index (κ1) is 22.8. The third-order valence-electron chi connectivity index (χ3n) is 6.84. The lowest BCUT2D eigenvalue weighted by molar-refractivity contribution is 0.0956. The summed E-state index contributed by atoms with van der Waals surface area (Å²) in [4.78, 5) is 22.0. The number of nitrogens with one attached hydrogen (secondary N) is 1. The van der Waals surface area contributed by atoms with E-state index in [0.29, 0.717) is 6.61 Å². The molecule has 2 aliphatic heterocycles. The van der Waals surface area contributed by atoms with Gasteiger partial charge in [0.05, 0.1) is 17.8 Å². The summed E-state index contributed by atoms with van der Waals surface area (Å²) >= 11 is 0. The van der Waals surface area contributed by atoms with Gasteiger partial charge in [0.1, 0.15) is 5.75 Å². The van der Waals surface area contributed by atoms with Gasteiger partial charge in [-0.15, -0.1) is 0 Å². The second kappa shape index (κ2) is 11.0. The quantitative estimate of drug-likeness (QED) is 0.545. The fraction of sp³-hybridized carbons (Fsp3) is 0.429. The van der Waals surface area contributed by atoms with E-state index in [9.17, 15) is 4.79 Å². The van der Waals surface area contributed by atoms with Gasteiger partial charge in [-0.05, 0) is 74.7 Å². The summed E-state index contributed by atoms with van der Waals surface area (Å²) in [5.74, 6) is 0.907. The lowest BCUT2D eigenvalue weighted by Gasteiger charge is -2.21. The van der Waals surface area contributed by atoms with Gasteiger partial charge < -0.3 is 15.0 Å². The van der Waals surface area contributed by atoms with E-state index in [1.54, 1.807) is 0 Å². The number of benzene rings is 2. The number of pyridine rings is 1. The van der Waals surface area contributed by atoms with Gasteiger partial charge in [0.15, 0.2) is 0 Å². The second-order valence-electron chi connectivity index (χ2n) is 9.35. The highest BCUT2D eigenvalue weighted by Gasteiger charge is 2.17. The molecule has 3 heterocycles. The van der Waals surface area contributed by atoms with E-state index < -0.39 is 0 Å². The van der Waals surface area contributed by atoms with Crippen LogP contribution in [0.25, 0.3) is 10.9 Å². The second-order valence-corrected chi connectivity index (χ2v) is 9.35. The van der Waals surface area contributed by atoms with Crippen LogP contribution in [0.4, 0.5) is 0 Å². The maximum absolute atomic E-state index is 12.1. The van der Waals surface area contributed by atoms with Crippen LogP contribution in [0.3, 0.4) is 0 Å². The summed E-state index contributed by atoms with van der Waals surface area (Å²) in [6.07, 6.45) is 4.08. The maximum Gasteiger partial charge on any atom is 0.251 e. The molecule has 0 atom stereocenters. The van der Waals surface area contributed by atoms with E-state index >= 15 is 0 Å². The first-order chi connectivity index (χ1) is 16.7. The average molecular weight is 459 g/mol. The fourth-order valence-electron chi connectivity index (χ4n) is 4.97. The third kappa shape index (κ3) is 5.75. The smallest absolute Gasteiger partial charge is 0.251 e. The normalized spacial score (nSPS) is 17.6. The molecule has 0 aliphatic carbocycles. The van der Waals surface area contributed by atoms with E-state index in [2.05, 4.69) is 51.5 Å². The first-order valence-electron chi connectivity index (χ1n) is 12.6. The molecule has 0 spiro atoms. The van der Waals surface area contributed by atoms with Gasteiger partial charge in [0.2, 0.25) is 0 Å². The molecule has 0 saturated carbocycles. The summed E-state index contributed by atoms with van der Waals surface area (Å²) in [5.41, 5.74) is 4.12. The van der Waals surface area contributed by atoms with Crippen LogP contribution in [0, 0.1) is 0 Å². The third-order valence-corrected chi connectivity index (χ3v) is 6.84. The van der Waals surface area contributed by atoms with E-state index in [1.807, 2.05) is 18.2 Å². The molecule has 1 fully saturated rings. The Morgan fingerprint density at radius 2 is 1.82 bits per heavy atom. The number of aryl methyl sites for hydroxylation is 1. The van der Waals surface area contributed by atoms with Crippen molar-refractivity contribution in [2.75, 3.05) is 45.9 Å². The predicted molar refractivity (Wildman–Crippen MR) is 135 cm³/mol. The highest BCUT2D eigenvalue weighted by Crippen LogP contribution is 2.21. The van der Waals surface area contributed by atoms with Crippen LogP contribution in [0.2, 0.25) is 0 Å². The largest absolute Gasteiger partial charge is 0.494 e. The molecule has 3 aromatic rings. The van der Waals surface area contributed by atoms with Gasteiger partial charge >= 0.3 is 0 Å². The number of rotatable bonds is 7. The van der Waals surface area contributed by atoms with E-state index in [4.69, 9.17) is 9.72 Å². The van der Waals surface area contributed by atoms with E-state index in [0.717, 1.165) is 93.2 Å². The van der Waals surface area contributed by atoms with Crippen molar-refractivity contribution in [3.63, 3.8) is 0 Å². The number of aromatic nitrogens is 1. The molecule has 1 saturated heterocycles. The molecule has 0 bridgehead atoms. The average Bonchev–Trinajstić information content (AvgIpc) is 3.19. The minimum absolute atomic E-state index is 0.0330. The van der Waals surface area contributed by atoms with Crippen molar-refractivity contribution in [2.45, 2.75) is 32.2 Å². The van der Waals surface area contributed by atoms with Crippen molar-refractivity contribution < 1.29 is 9.53 Å². The highest BCUT2D eigenvalue weighted by molar-refractivity contribution is 5.96. The van der Waals surface area contributed by atoms with Crippen LogP contribution in [-0.2, 0) is 13.0 Å². The number of nitrogens with zero attached hydrogens (tertiary/aromatic N) is 3. The Hall–Kier alpha value is -2.96. The van der Waals surface area contributed by atoms with Crippen molar-refractivity contribution in [3.8, 4) is 5.75 Å². The molecule has 0 unspecified atom stereocenters. The zero-order valence-electron chi connectivity index (χ0n) is 19.8. The SMILES string of the molecule is O=C1NCCCc2cc(OCCCN3CCCN(Cc4ccc5ccccc5n4)CC3)ccc21. The Morgan fingerprint density at radius 1 is 0.941 bits per heavy atom. The number of hydrogen-bond donors (Lipinski definition) is 1. The minimum atomic E-state index is 0.0330. The van der Waals surface area contributed by atoms with Crippen LogP contribution in [0.5, 0.6) is 5.75 Å². The molecule has 178 valence electrons. The van der Waals surface area contributed by atoms with Crippen LogP contribution in [-0.4, -0.2) is 66.6 Å². The molecular weight excluding hydrogens is 424 g/mol. The fourth-order valence-corrected chi connectivity index (χ4v) is 4.97. The summed E-state index contributed by atoms with van der Waals surface area (Å²) in [6, 6.07) is 18.5. The lowest BCUT2D eigenvalue weighted by atomic mass is 10.0. The van der Waals surface area contributed by atoms with Crippen molar-refractivity contribution in [2.24, 2.45) is 0 Å². The van der Waals surface area contributed by atoms with Gasteiger partial charge in [-0.25, -0.2) is 0 Å². The number of fused-ring (bicyclic) bond motifs is 2. The first-order valence-corrected chi connectivity index (χ1v) is 12.6. The zero-order chi connectivity index (χ0) is 23.2. The molecule has 1 aromatic heterocycles. The number of carbonyl (C=O) groups excluding carboxylic acids is 1. The Balaban J connectivity index is 1.06. The number of para-hydroxylation sites is 1. The van der Waals surface area contributed by atoms with E-state index in [-0.39, 0.29) is 5.91 Å². The lowest BCUT2D eigenvalue weighted by Crippen LogP contribution is -2.31. The molecule has 6 heteroatoms. The molecular formula is C28H34N4O2. The molecule has 1 N–H and O–H groups in total. The molecule has 1 amide bonds. The Morgan fingerprint density at radius 3 is 2.79 bits per heavy atom. The topological polar surface area (TPSA) is 57.7 Å². The van der Waals surface area contributed by atoms with Crippen LogP contribution < -0.4 is 10.1 Å². The summed E-state index contributed by atoms with van der Waals surface area (Å²) < 4.78 is 6.03. The van der Waals surface area contributed by atoms with Crippen LogP contribution in [0.1, 0.15) is 40.9 Å². The van der Waals surface area contributed by atoms with Crippen molar-refractivity contribution >= 4 is 16.8 Å². The molecule has 0 radical (unpaired) electrons. The predicted octanol–water partition coefficient (Wildman–Crippen LogP) is 3.89. The monoisotopic (exact) mass is 458 g/mol. The molecule has 2 aliphatic rings.